The molecular weight excluding hydrogens is 447 g/mol. The number of hydrazone groups is 1. The van der Waals surface area contributed by atoms with E-state index in [1.54, 1.807) is 12.1 Å². The quantitative estimate of drug-likeness (QED) is 0.323. The maximum absolute atomic E-state index is 12.9. The summed E-state index contributed by atoms with van der Waals surface area (Å²) in [6.45, 7) is 0. The number of imide groups is 1. The molecule has 5 rings (SSSR count). The van der Waals surface area contributed by atoms with E-state index < -0.39 is 0 Å². The van der Waals surface area contributed by atoms with Crippen LogP contribution in [0.4, 0.5) is 0 Å². The number of hydrogen-bond acceptors (Lipinski definition) is 5. The smallest absolute Gasteiger partial charge is 0.254 e. The van der Waals surface area contributed by atoms with Crippen molar-refractivity contribution in [2.24, 2.45) is 34.2 Å². The highest BCUT2D eigenvalue weighted by atomic mass is 127. The highest BCUT2D eigenvalue weighted by molar-refractivity contribution is 14.1. The number of fused-ring (bicyclic) bond motifs is 3. The Morgan fingerprint density at radius 2 is 1.85 bits per heavy atom. The molecule has 7 heteroatoms. The summed E-state index contributed by atoms with van der Waals surface area (Å²) in [4.78, 5) is 25.7. The third kappa shape index (κ3) is 1.95. The first kappa shape index (κ1) is 16.3. The molecule has 2 bridgehead atoms. The number of benzene rings is 1. The molecular formula is C19H17IN2O4. The summed E-state index contributed by atoms with van der Waals surface area (Å²) in [5, 5.41) is 15.1. The van der Waals surface area contributed by atoms with E-state index in [9.17, 15) is 14.7 Å². The number of hydrogen-bond donors (Lipinski definition) is 1. The number of rotatable bonds is 3. The Bertz CT molecular complexity index is 871. The van der Waals surface area contributed by atoms with Crippen LogP contribution in [-0.4, -0.2) is 35.3 Å². The molecule has 6 nitrogen and oxygen atoms in total. The topological polar surface area (TPSA) is 79.2 Å². The van der Waals surface area contributed by atoms with Crippen LogP contribution >= 0.6 is 22.6 Å². The number of amides is 2. The molecule has 1 aromatic carbocycles. The summed E-state index contributed by atoms with van der Waals surface area (Å²) in [6.07, 6.45) is 8.01. The average molecular weight is 464 g/mol. The number of phenols is 1. The number of methoxy groups -OCH3 is 1. The van der Waals surface area contributed by atoms with Gasteiger partial charge in [-0.3, -0.25) is 9.59 Å². The third-order valence-electron chi connectivity index (χ3n) is 6.42. The molecule has 3 aliphatic carbocycles. The Kier molecular flexibility index (Phi) is 3.33. The fourth-order valence-electron chi connectivity index (χ4n) is 5.12. The number of phenolic OH excluding ortho intramolecular Hbond substituents is 1. The lowest BCUT2D eigenvalue weighted by Gasteiger charge is -2.18. The molecule has 2 saturated carbocycles. The van der Waals surface area contributed by atoms with Crippen molar-refractivity contribution in [2.45, 2.75) is 12.8 Å². The van der Waals surface area contributed by atoms with E-state index in [2.05, 4.69) is 17.3 Å². The Morgan fingerprint density at radius 1 is 1.23 bits per heavy atom. The molecule has 26 heavy (non-hydrogen) atoms. The fraction of sp³-hybridized carbons (Fsp3) is 0.421. The van der Waals surface area contributed by atoms with Crippen LogP contribution in [-0.2, 0) is 9.59 Å². The summed E-state index contributed by atoms with van der Waals surface area (Å²) in [5.41, 5.74) is 0.846. The minimum Gasteiger partial charge on any atom is -0.504 e. The van der Waals surface area contributed by atoms with Crippen LogP contribution in [0.25, 0.3) is 0 Å². The van der Waals surface area contributed by atoms with Gasteiger partial charge in [0.15, 0.2) is 11.5 Å². The standard InChI is InChI=1S/C19H17IN2O4/c1-26-13-7-9(6-12(20)16(13)23)8-21-22-17(24)14-10-2-3-11(15(14)18(22)25)19(10)4-5-19/h2-3,6-8,10-11,14-15,23H,4-5H2,1H3/b21-8-/t10-,11-,14+,15+/m1/s1. The van der Waals surface area contributed by atoms with Crippen LogP contribution < -0.4 is 4.74 Å². The summed E-state index contributed by atoms with van der Waals surface area (Å²) in [5.74, 6) is -0.0663. The highest BCUT2D eigenvalue weighted by Crippen LogP contribution is 2.73. The molecule has 1 N–H and O–H groups in total. The number of allylic oxidation sites excluding steroid dienone is 2. The summed E-state index contributed by atoms with van der Waals surface area (Å²) in [6, 6.07) is 3.34. The molecule has 1 saturated heterocycles. The monoisotopic (exact) mass is 464 g/mol. The van der Waals surface area contributed by atoms with E-state index in [0.29, 0.717) is 14.9 Å². The second-order valence-electron chi connectivity index (χ2n) is 7.51. The molecule has 1 aliphatic heterocycles. The van der Waals surface area contributed by atoms with Crippen molar-refractivity contribution in [2.75, 3.05) is 7.11 Å². The first-order chi connectivity index (χ1) is 12.5. The number of halogens is 1. The van der Waals surface area contributed by atoms with Crippen molar-refractivity contribution in [1.82, 2.24) is 5.01 Å². The molecule has 3 fully saturated rings. The van der Waals surface area contributed by atoms with E-state index in [4.69, 9.17) is 4.74 Å². The minimum absolute atomic E-state index is 0.0606. The third-order valence-corrected chi connectivity index (χ3v) is 7.24. The SMILES string of the molecule is COc1cc(/C=N\N2C(=O)[C@@H]3[C@@H](C2=O)[C@H]2C=C[C@H]3C23CC3)cc(I)c1O. The minimum atomic E-state index is -0.244. The Balaban J connectivity index is 1.43. The van der Waals surface area contributed by atoms with Gasteiger partial charge in [0.1, 0.15) is 0 Å². The zero-order valence-corrected chi connectivity index (χ0v) is 16.2. The maximum Gasteiger partial charge on any atom is 0.254 e. The second-order valence-corrected chi connectivity index (χ2v) is 8.67. The fourth-order valence-corrected chi connectivity index (χ4v) is 5.75. The van der Waals surface area contributed by atoms with E-state index in [-0.39, 0.29) is 46.7 Å². The summed E-state index contributed by atoms with van der Waals surface area (Å²) >= 11 is 1.99. The van der Waals surface area contributed by atoms with Crippen molar-refractivity contribution in [3.05, 3.63) is 33.4 Å². The first-order valence-electron chi connectivity index (χ1n) is 8.64. The molecule has 0 radical (unpaired) electrons. The Labute approximate surface area is 164 Å². The van der Waals surface area contributed by atoms with Gasteiger partial charge in [-0.2, -0.15) is 10.1 Å². The van der Waals surface area contributed by atoms with Gasteiger partial charge in [0.2, 0.25) is 0 Å². The predicted molar refractivity (Wildman–Crippen MR) is 102 cm³/mol. The van der Waals surface area contributed by atoms with E-state index in [1.165, 1.54) is 13.3 Å². The van der Waals surface area contributed by atoms with Crippen LogP contribution in [0, 0.1) is 32.7 Å². The molecule has 1 spiro atoms. The lowest BCUT2D eigenvalue weighted by Crippen LogP contribution is -2.30. The van der Waals surface area contributed by atoms with E-state index in [0.717, 1.165) is 17.9 Å². The number of ether oxygens (including phenoxy) is 1. The maximum atomic E-state index is 12.9. The molecule has 4 atom stereocenters. The van der Waals surface area contributed by atoms with Crippen LogP contribution in [0.1, 0.15) is 18.4 Å². The van der Waals surface area contributed by atoms with Crippen molar-refractivity contribution < 1.29 is 19.4 Å². The van der Waals surface area contributed by atoms with Gasteiger partial charge >= 0.3 is 0 Å². The molecule has 0 unspecified atom stereocenters. The largest absolute Gasteiger partial charge is 0.504 e. The second kappa shape index (κ2) is 5.31. The molecule has 0 aromatic heterocycles. The van der Waals surface area contributed by atoms with Gasteiger partial charge in [-0.1, -0.05) is 12.2 Å². The molecule has 1 aromatic rings. The number of carbonyl (C=O) groups excluding carboxylic acids is 2. The van der Waals surface area contributed by atoms with E-state index in [1.807, 2.05) is 22.6 Å². The molecule has 1 heterocycles. The van der Waals surface area contributed by atoms with Gasteiger partial charge in [0, 0.05) is 0 Å². The zero-order chi connectivity index (χ0) is 18.2. The van der Waals surface area contributed by atoms with Gasteiger partial charge in [-0.05, 0) is 70.4 Å². The average Bonchev–Trinajstić information content (AvgIpc) is 3.23. The first-order valence-corrected chi connectivity index (χ1v) is 9.72. The predicted octanol–water partition coefficient (Wildman–Crippen LogP) is 2.54. The lowest BCUT2D eigenvalue weighted by molar-refractivity contribution is -0.141. The normalized spacial score (nSPS) is 32.9. The van der Waals surface area contributed by atoms with Crippen LogP contribution in [0.3, 0.4) is 0 Å². The lowest BCUT2D eigenvalue weighted by atomic mass is 9.85. The summed E-state index contributed by atoms with van der Waals surface area (Å²) < 4.78 is 5.74. The van der Waals surface area contributed by atoms with Gasteiger partial charge in [-0.25, -0.2) is 0 Å². The van der Waals surface area contributed by atoms with Crippen molar-refractivity contribution in [3.8, 4) is 11.5 Å². The Morgan fingerprint density at radius 3 is 2.38 bits per heavy atom. The number of nitrogens with zero attached hydrogens (tertiary/aromatic N) is 2. The van der Waals surface area contributed by atoms with Crippen LogP contribution in [0.5, 0.6) is 11.5 Å². The highest BCUT2D eigenvalue weighted by Gasteiger charge is 2.73. The van der Waals surface area contributed by atoms with Gasteiger partial charge < -0.3 is 9.84 Å². The summed E-state index contributed by atoms with van der Waals surface area (Å²) in [7, 11) is 1.47. The Hall–Kier alpha value is -1.90. The van der Waals surface area contributed by atoms with Gasteiger partial charge in [0.05, 0.1) is 28.7 Å². The molecule has 2 amide bonds. The number of aromatic hydroxyl groups is 1. The van der Waals surface area contributed by atoms with Crippen LogP contribution in [0.15, 0.2) is 29.4 Å². The van der Waals surface area contributed by atoms with Gasteiger partial charge in [0.25, 0.3) is 11.8 Å². The zero-order valence-electron chi connectivity index (χ0n) is 14.1. The van der Waals surface area contributed by atoms with Crippen molar-refractivity contribution in [1.29, 1.82) is 0 Å². The molecule has 4 aliphatic rings. The van der Waals surface area contributed by atoms with Crippen molar-refractivity contribution >= 4 is 40.6 Å². The number of carbonyl (C=O) groups is 2. The van der Waals surface area contributed by atoms with E-state index >= 15 is 0 Å². The molecule has 134 valence electrons. The van der Waals surface area contributed by atoms with Crippen LogP contribution in [0.2, 0.25) is 0 Å². The van der Waals surface area contributed by atoms with Gasteiger partial charge in [-0.15, -0.1) is 0 Å². The van der Waals surface area contributed by atoms with Crippen molar-refractivity contribution in [3.63, 3.8) is 0 Å².